The second kappa shape index (κ2) is 6.53. The zero-order chi connectivity index (χ0) is 15.2. The Hall–Kier alpha value is -2.87. The third-order valence-corrected chi connectivity index (χ3v) is 2.89. The number of carbonyl (C=O) groups is 1. The van der Waals surface area contributed by atoms with Gasteiger partial charge in [0.05, 0.1) is 11.3 Å². The van der Waals surface area contributed by atoms with Gasteiger partial charge in [0.25, 0.3) is 5.91 Å². The number of nitriles is 1. The lowest BCUT2D eigenvalue weighted by molar-refractivity contribution is 0.102. The van der Waals surface area contributed by atoms with Crippen molar-refractivity contribution in [2.24, 2.45) is 0 Å². The standard InChI is InChI=1S/C16H15N3O2/c1-11-3-8-15(12(2)18-11)16(20)19-13-4-6-14(7-5-13)21-10-9-17/h3-8H,10H2,1-2H3,(H,19,20). The predicted molar refractivity (Wildman–Crippen MR) is 79.2 cm³/mol. The highest BCUT2D eigenvalue weighted by atomic mass is 16.5. The van der Waals surface area contributed by atoms with E-state index < -0.39 is 0 Å². The molecule has 0 fully saturated rings. The first-order valence-electron chi connectivity index (χ1n) is 6.45. The maximum atomic E-state index is 12.2. The summed E-state index contributed by atoms with van der Waals surface area (Å²) in [6.07, 6.45) is 0. The number of amides is 1. The molecule has 1 N–H and O–H groups in total. The number of benzene rings is 1. The zero-order valence-electron chi connectivity index (χ0n) is 11.9. The van der Waals surface area contributed by atoms with Gasteiger partial charge in [-0.3, -0.25) is 9.78 Å². The molecule has 0 spiro atoms. The SMILES string of the molecule is Cc1ccc(C(=O)Nc2ccc(OCC#N)cc2)c(C)n1. The van der Waals surface area contributed by atoms with Gasteiger partial charge in [-0.05, 0) is 50.2 Å². The second-order valence-corrected chi connectivity index (χ2v) is 4.51. The Labute approximate surface area is 123 Å². The quantitative estimate of drug-likeness (QED) is 0.935. The molecule has 0 aliphatic heterocycles. The summed E-state index contributed by atoms with van der Waals surface area (Å²) in [5.41, 5.74) is 2.78. The van der Waals surface area contributed by atoms with Crippen molar-refractivity contribution in [1.82, 2.24) is 4.98 Å². The number of nitrogens with one attached hydrogen (secondary N) is 1. The van der Waals surface area contributed by atoms with E-state index in [1.54, 1.807) is 43.3 Å². The largest absolute Gasteiger partial charge is 0.479 e. The van der Waals surface area contributed by atoms with Crippen molar-refractivity contribution in [2.45, 2.75) is 13.8 Å². The summed E-state index contributed by atoms with van der Waals surface area (Å²) in [5.74, 6) is 0.383. The van der Waals surface area contributed by atoms with Gasteiger partial charge >= 0.3 is 0 Å². The van der Waals surface area contributed by atoms with Crippen molar-refractivity contribution in [3.8, 4) is 11.8 Å². The summed E-state index contributed by atoms with van der Waals surface area (Å²) in [6.45, 7) is 3.69. The van der Waals surface area contributed by atoms with Crippen molar-refractivity contribution < 1.29 is 9.53 Å². The summed E-state index contributed by atoms with van der Waals surface area (Å²) in [4.78, 5) is 16.5. The Balaban J connectivity index is 2.07. The van der Waals surface area contributed by atoms with Gasteiger partial charge in [0, 0.05) is 11.4 Å². The molecule has 0 atom stereocenters. The summed E-state index contributed by atoms with van der Waals surface area (Å²) in [6, 6.07) is 12.3. The van der Waals surface area contributed by atoms with Crippen molar-refractivity contribution in [2.75, 3.05) is 11.9 Å². The number of hydrogen-bond acceptors (Lipinski definition) is 4. The molecule has 0 aliphatic carbocycles. The molecule has 1 aromatic carbocycles. The summed E-state index contributed by atoms with van der Waals surface area (Å²) in [5, 5.41) is 11.2. The van der Waals surface area contributed by atoms with E-state index in [9.17, 15) is 4.79 Å². The lowest BCUT2D eigenvalue weighted by Gasteiger charge is -2.08. The average Bonchev–Trinajstić information content (AvgIpc) is 2.46. The van der Waals surface area contributed by atoms with E-state index in [2.05, 4.69) is 10.3 Å². The Morgan fingerprint density at radius 3 is 2.57 bits per heavy atom. The number of carbonyl (C=O) groups excluding carboxylic acids is 1. The molecule has 1 aromatic heterocycles. The van der Waals surface area contributed by atoms with Gasteiger partial charge < -0.3 is 10.1 Å². The van der Waals surface area contributed by atoms with Crippen molar-refractivity contribution in [3.63, 3.8) is 0 Å². The molecule has 1 amide bonds. The Morgan fingerprint density at radius 2 is 1.95 bits per heavy atom. The van der Waals surface area contributed by atoms with Crippen molar-refractivity contribution in [1.29, 1.82) is 5.26 Å². The van der Waals surface area contributed by atoms with Gasteiger partial charge in [-0.15, -0.1) is 0 Å². The maximum Gasteiger partial charge on any atom is 0.257 e. The zero-order valence-corrected chi connectivity index (χ0v) is 11.9. The molecule has 2 rings (SSSR count). The molecule has 106 valence electrons. The molecule has 0 saturated carbocycles. The summed E-state index contributed by atoms with van der Waals surface area (Å²) in [7, 11) is 0. The van der Waals surface area contributed by atoms with Gasteiger partial charge in [-0.25, -0.2) is 0 Å². The second-order valence-electron chi connectivity index (χ2n) is 4.51. The van der Waals surface area contributed by atoms with Gasteiger partial charge in [0.1, 0.15) is 11.8 Å². The molecule has 0 saturated heterocycles. The molecule has 0 aliphatic rings. The Bertz CT molecular complexity index is 688. The van der Waals surface area contributed by atoms with Crippen LogP contribution in [0, 0.1) is 25.2 Å². The smallest absolute Gasteiger partial charge is 0.257 e. The molecular formula is C16H15N3O2. The molecular weight excluding hydrogens is 266 g/mol. The van der Waals surface area contributed by atoms with Gasteiger partial charge in [-0.2, -0.15) is 5.26 Å². The molecule has 2 aromatic rings. The van der Waals surface area contributed by atoms with Crippen LogP contribution in [0.25, 0.3) is 0 Å². The van der Waals surface area contributed by atoms with E-state index in [4.69, 9.17) is 10.00 Å². The molecule has 0 bridgehead atoms. The van der Waals surface area contributed by atoms with Crippen LogP contribution in [-0.4, -0.2) is 17.5 Å². The minimum Gasteiger partial charge on any atom is -0.479 e. The first-order chi connectivity index (χ1) is 10.1. The van der Waals surface area contributed by atoms with Crippen molar-refractivity contribution in [3.05, 3.63) is 53.3 Å². The van der Waals surface area contributed by atoms with E-state index in [0.717, 1.165) is 5.69 Å². The topological polar surface area (TPSA) is 75.0 Å². The molecule has 5 nitrogen and oxygen atoms in total. The summed E-state index contributed by atoms with van der Waals surface area (Å²) >= 11 is 0. The van der Waals surface area contributed by atoms with Crippen LogP contribution < -0.4 is 10.1 Å². The van der Waals surface area contributed by atoms with Gasteiger partial charge in [0.15, 0.2) is 6.61 Å². The van der Waals surface area contributed by atoms with Gasteiger partial charge in [-0.1, -0.05) is 0 Å². The van der Waals surface area contributed by atoms with E-state index in [1.807, 2.05) is 13.0 Å². The first-order valence-corrected chi connectivity index (χ1v) is 6.45. The minimum atomic E-state index is -0.203. The van der Waals surface area contributed by atoms with Gasteiger partial charge in [0.2, 0.25) is 0 Å². The lowest BCUT2D eigenvalue weighted by Crippen LogP contribution is -2.14. The van der Waals surface area contributed by atoms with Crippen LogP contribution in [0.15, 0.2) is 36.4 Å². The monoisotopic (exact) mass is 281 g/mol. The van der Waals surface area contributed by atoms with E-state index in [1.165, 1.54) is 0 Å². The average molecular weight is 281 g/mol. The first kappa shape index (κ1) is 14.5. The minimum absolute atomic E-state index is 0.0000631. The van der Waals surface area contributed by atoms with Crippen LogP contribution in [0.5, 0.6) is 5.75 Å². The molecule has 5 heteroatoms. The highest BCUT2D eigenvalue weighted by Gasteiger charge is 2.10. The predicted octanol–water partition coefficient (Wildman–Crippen LogP) is 2.85. The number of nitrogens with zero attached hydrogens (tertiary/aromatic N) is 2. The molecule has 0 radical (unpaired) electrons. The molecule has 0 unspecified atom stereocenters. The number of ether oxygens (including phenoxy) is 1. The third-order valence-electron chi connectivity index (χ3n) is 2.89. The number of pyridine rings is 1. The number of aromatic nitrogens is 1. The van der Waals surface area contributed by atoms with Crippen LogP contribution in [0.2, 0.25) is 0 Å². The fraction of sp³-hybridized carbons (Fsp3) is 0.188. The summed E-state index contributed by atoms with van der Waals surface area (Å²) < 4.78 is 5.15. The van der Waals surface area contributed by atoms with E-state index >= 15 is 0 Å². The highest BCUT2D eigenvalue weighted by Crippen LogP contribution is 2.17. The van der Waals surface area contributed by atoms with Crippen LogP contribution in [-0.2, 0) is 0 Å². The normalized spacial score (nSPS) is 9.76. The number of hydrogen-bond donors (Lipinski definition) is 1. The molecule has 21 heavy (non-hydrogen) atoms. The highest BCUT2D eigenvalue weighted by molar-refractivity contribution is 6.05. The number of aryl methyl sites for hydroxylation is 2. The lowest BCUT2D eigenvalue weighted by atomic mass is 10.1. The van der Waals surface area contributed by atoms with Crippen LogP contribution in [0.1, 0.15) is 21.7 Å². The third kappa shape index (κ3) is 3.80. The van der Waals surface area contributed by atoms with Crippen molar-refractivity contribution >= 4 is 11.6 Å². The Morgan fingerprint density at radius 1 is 1.24 bits per heavy atom. The van der Waals surface area contributed by atoms with Crippen LogP contribution in [0.3, 0.4) is 0 Å². The Kier molecular flexibility index (Phi) is 4.52. The fourth-order valence-electron chi connectivity index (χ4n) is 1.88. The van der Waals surface area contributed by atoms with Crippen LogP contribution >= 0.6 is 0 Å². The van der Waals surface area contributed by atoms with E-state index in [0.29, 0.717) is 22.7 Å². The number of rotatable bonds is 4. The van der Waals surface area contributed by atoms with E-state index in [-0.39, 0.29) is 12.5 Å². The van der Waals surface area contributed by atoms with Crippen LogP contribution in [0.4, 0.5) is 5.69 Å². The number of anilines is 1. The molecule has 1 heterocycles. The fourth-order valence-corrected chi connectivity index (χ4v) is 1.88. The maximum absolute atomic E-state index is 12.2.